The van der Waals surface area contributed by atoms with Gasteiger partial charge in [-0.1, -0.05) is 6.92 Å². The van der Waals surface area contributed by atoms with Gasteiger partial charge in [-0.05, 0) is 40.2 Å². The fraction of sp³-hybridized carbons (Fsp3) is 0.143. The number of aromatic carboxylic acids is 1. The van der Waals surface area contributed by atoms with Crippen LogP contribution in [0.2, 0.25) is 0 Å². The Kier molecular flexibility index (Phi) is 4.24. The molecule has 2 N–H and O–H groups in total. The lowest BCUT2D eigenvalue weighted by molar-refractivity contribution is 0.0696. The molecule has 0 unspecified atom stereocenters. The summed E-state index contributed by atoms with van der Waals surface area (Å²) in [5.41, 5.74) is 0.949. The molecule has 0 radical (unpaired) electrons. The number of hydrogen-bond donors (Lipinski definition) is 2. The second-order valence-corrected chi connectivity index (χ2v) is 4.92. The van der Waals surface area contributed by atoms with E-state index in [1.54, 1.807) is 12.1 Å². The number of halogens is 1. The maximum Gasteiger partial charge on any atom is 0.335 e. The van der Waals surface area contributed by atoms with Crippen LogP contribution < -0.4 is 5.32 Å². The fourth-order valence-electron chi connectivity index (χ4n) is 1.76. The van der Waals surface area contributed by atoms with Crippen molar-refractivity contribution in [3.63, 3.8) is 0 Å². The van der Waals surface area contributed by atoms with Crippen molar-refractivity contribution < 1.29 is 19.1 Å². The Hall–Kier alpha value is -2.08. The molecule has 0 saturated carbocycles. The summed E-state index contributed by atoms with van der Waals surface area (Å²) in [6.07, 6.45) is 2.06. The number of anilines is 1. The van der Waals surface area contributed by atoms with Crippen LogP contribution in [0.4, 0.5) is 5.69 Å². The van der Waals surface area contributed by atoms with Crippen LogP contribution in [0.1, 0.15) is 33.4 Å². The minimum atomic E-state index is -1.05. The second-order valence-electron chi connectivity index (χ2n) is 4.06. The summed E-state index contributed by atoms with van der Waals surface area (Å²) < 4.78 is 5.81. The van der Waals surface area contributed by atoms with Gasteiger partial charge in [0.25, 0.3) is 5.91 Å². The highest BCUT2D eigenvalue weighted by Gasteiger charge is 2.15. The molecule has 0 atom stereocenters. The Morgan fingerprint density at radius 1 is 1.35 bits per heavy atom. The molecule has 0 aliphatic carbocycles. The summed E-state index contributed by atoms with van der Waals surface area (Å²) in [4.78, 5) is 23.1. The molecule has 20 heavy (non-hydrogen) atoms. The van der Waals surface area contributed by atoms with Gasteiger partial charge < -0.3 is 14.8 Å². The Labute approximate surface area is 123 Å². The van der Waals surface area contributed by atoms with Crippen molar-refractivity contribution in [3.8, 4) is 0 Å². The van der Waals surface area contributed by atoms with E-state index < -0.39 is 5.97 Å². The van der Waals surface area contributed by atoms with E-state index in [0.29, 0.717) is 27.9 Å². The zero-order valence-corrected chi connectivity index (χ0v) is 12.2. The van der Waals surface area contributed by atoms with E-state index in [4.69, 9.17) is 9.52 Å². The van der Waals surface area contributed by atoms with E-state index >= 15 is 0 Å². The molecule has 0 bridgehead atoms. The van der Waals surface area contributed by atoms with Crippen molar-refractivity contribution in [2.75, 3.05) is 5.32 Å². The highest BCUT2D eigenvalue weighted by molar-refractivity contribution is 9.10. The zero-order chi connectivity index (χ0) is 14.7. The lowest BCUT2D eigenvalue weighted by Crippen LogP contribution is -2.13. The lowest BCUT2D eigenvalue weighted by Gasteiger charge is -2.08. The molecule has 0 saturated heterocycles. The van der Waals surface area contributed by atoms with Gasteiger partial charge in [0.2, 0.25) is 0 Å². The molecule has 1 amide bonds. The van der Waals surface area contributed by atoms with E-state index in [9.17, 15) is 9.59 Å². The molecular formula is C14H12BrNO4. The van der Waals surface area contributed by atoms with Gasteiger partial charge >= 0.3 is 5.97 Å². The fourth-order valence-corrected chi connectivity index (χ4v) is 2.11. The van der Waals surface area contributed by atoms with Crippen LogP contribution in [0.5, 0.6) is 0 Å². The van der Waals surface area contributed by atoms with Gasteiger partial charge in [-0.2, -0.15) is 0 Å². The van der Waals surface area contributed by atoms with E-state index in [0.717, 1.165) is 0 Å². The van der Waals surface area contributed by atoms with Crippen LogP contribution in [-0.2, 0) is 6.42 Å². The van der Waals surface area contributed by atoms with Crippen LogP contribution in [-0.4, -0.2) is 17.0 Å². The van der Waals surface area contributed by atoms with Gasteiger partial charge in [0.15, 0.2) is 0 Å². The smallest absolute Gasteiger partial charge is 0.335 e. The normalized spacial score (nSPS) is 10.3. The standard InChI is InChI=1S/C14H12BrNO4/c1-2-12-9(5-6-20-12)13(17)16-11-7-8(14(18)19)3-4-10(11)15/h3-7H,2H2,1H3,(H,16,17)(H,18,19). The molecule has 5 nitrogen and oxygen atoms in total. The number of carboxylic acids is 1. The molecule has 0 aliphatic rings. The summed E-state index contributed by atoms with van der Waals surface area (Å²) >= 11 is 3.28. The van der Waals surface area contributed by atoms with E-state index in [-0.39, 0.29) is 11.5 Å². The maximum absolute atomic E-state index is 12.1. The largest absolute Gasteiger partial charge is 0.478 e. The molecule has 6 heteroatoms. The number of nitrogens with one attached hydrogen (secondary N) is 1. The van der Waals surface area contributed by atoms with E-state index in [1.807, 2.05) is 6.92 Å². The minimum Gasteiger partial charge on any atom is -0.478 e. The predicted molar refractivity (Wildman–Crippen MR) is 77.1 cm³/mol. The number of carbonyl (C=O) groups excluding carboxylic acids is 1. The van der Waals surface area contributed by atoms with E-state index in [2.05, 4.69) is 21.2 Å². The number of amides is 1. The summed E-state index contributed by atoms with van der Waals surface area (Å²) in [6.45, 7) is 1.89. The van der Waals surface area contributed by atoms with Crippen LogP contribution in [0.3, 0.4) is 0 Å². The Morgan fingerprint density at radius 3 is 2.75 bits per heavy atom. The van der Waals surface area contributed by atoms with Crippen molar-refractivity contribution in [1.82, 2.24) is 0 Å². The first-order valence-corrected chi connectivity index (χ1v) is 6.72. The molecule has 0 aliphatic heterocycles. The average molecular weight is 338 g/mol. The zero-order valence-electron chi connectivity index (χ0n) is 10.6. The summed E-state index contributed by atoms with van der Waals surface area (Å²) in [7, 11) is 0. The average Bonchev–Trinajstić information content (AvgIpc) is 2.89. The van der Waals surface area contributed by atoms with Gasteiger partial charge in [-0.15, -0.1) is 0 Å². The second kappa shape index (κ2) is 5.92. The molecule has 2 rings (SSSR count). The summed E-state index contributed by atoms with van der Waals surface area (Å²) in [5.74, 6) is -0.794. The molecule has 0 fully saturated rings. The van der Waals surface area contributed by atoms with E-state index in [1.165, 1.54) is 18.4 Å². The van der Waals surface area contributed by atoms with Crippen LogP contribution >= 0.6 is 15.9 Å². The summed E-state index contributed by atoms with van der Waals surface area (Å²) in [5, 5.41) is 11.6. The number of benzene rings is 1. The van der Waals surface area contributed by atoms with Crippen LogP contribution in [0.25, 0.3) is 0 Å². The number of carboxylic acid groups (broad SMARTS) is 1. The van der Waals surface area contributed by atoms with Crippen molar-refractivity contribution in [2.45, 2.75) is 13.3 Å². The SMILES string of the molecule is CCc1occc1C(=O)Nc1cc(C(=O)O)ccc1Br. The number of carbonyl (C=O) groups is 2. The lowest BCUT2D eigenvalue weighted by atomic mass is 10.1. The summed E-state index contributed by atoms with van der Waals surface area (Å²) in [6, 6.07) is 6.02. The molecule has 1 heterocycles. The first-order chi connectivity index (χ1) is 9.52. The third kappa shape index (κ3) is 2.91. The number of hydrogen-bond acceptors (Lipinski definition) is 3. The van der Waals surface area contributed by atoms with Gasteiger partial charge in [-0.3, -0.25) is 4.79 Å². The first-order valence-electron chi connectivity index (χ1n) is 5.93. The predicted octanol–water partition coefficient (Wildman–Crippen LogP) is 3.56. The molecule has 2 aromatic rings. The van der Waals surface area contributed by atoms with Crippen LogP contribution in [0.15, 0.2) is 39.4 Å². The highest BCUT2D eigenvalue weighted by atomic mass is 79.9. The van der Waals surface area contributed by atoms with Gasteiger partial charge in [0.1, 0.15) is 5.76 Å². The monoisotopic (exact) mass is 337 g/mol. The van der Waals surface area contributed by atoms with Gasteiger partial charge in [0, 0.05) is 10.9 Å². The highest BCUT2D eigenvalue weighted by Crippen LogP contribution is 2.25. The Balaban J connectivity index is 2.28. The maximum atomic E-state index is 12.1. The van der Waals surface area contributed by atoms with Gasteiger partial charge in [-0.25, -0.2) is 4.79 Å². The topological polar surface area (TPSA) is 79.5 Å². The molecule has 1 aromatic heterocycles. The minimum absolute atomic E-state index is 0.103. The number of aryl methyl sites for hydroxylation is 1. The third-order valence-corrected chi connectivity index (χ3v) is 3.46. The molecular weight excluding hydrogens is 326 g/mol. The van der Waals surface area contributed by atoms with Crippen molar-refractivity contribution >= 4 is 33.5 Å². The Bertz CT molecular complexity index is 663. The van der Waals surface area contributed by atoms with Crippen molar-refractivity contribution in [1.29, 1.82) is 0 Å². The quantitative estimate of drug-likeness (QED) is 0.893. The first kappa shape index (κ1) is 14.3. The molecule has 0 spiro atoms. The number of rotatable bonds is 4. The van der Waals surface area contributed by atoms with Crippen molar-refractivity contribution in [2.24, 2.45) is 0 Å². The number of furan rings is 1. The van der Waals surface area contributed by atoms with Gasteiger partial charge in [0.05, 0.1) is 23.1 Å². The Morgan fingerprint density at radius 2 is 2.10 bits per heavy atom. The molecule has 104 valence electrons. The third-order valence-electron chi connectivity index (χ3n) is 2.77. The van der Waals surface area contributed by atoms with Crippen LogP contribution in [0, 0.1) is 0 Å². The van der Waals surface area contributed by atoms with Crippen molar-refractivity contribution in [3.05, 3.63) is 51.9 Å². The molecule has 1 aromatic carbocycles.